The average Bonchev–Trinajstić information content (AvgIpc) is 2.49. The molecule has 0 aliphatic heterocycles. The summed E-state index contributed by atoms with van der Waals surface area (Å²) in [4.78, 5) is 18.3. The Morgan fingerprint density at radius 1 is 1.24 bits per heavy atom. The van der Waals surface area contributed by atoms with E-state index in [0.29, 0.717) is 11.5 Å². The number of anilines is 3. The van der Waals surface area contributed by atoms with Crippen molar-refractivity contribution < 1.29 is 4.79 Å². The Hall–Kier alpha value is -2.60. The van der Waals surface area contributed by atoms with E-state index >= 15 is 0 Å². The number of hydrazine groups is 1. The number of nitrogen functional groups attached to an aromatic ring is 1. The molecule has 2 aromatic rings. The molecule has 110 valence electrons. The number of amides is 1. The molecule has 1 aromatic heterocycles. The highest BCUT2D eigenvalue weighted by atomic mass is 16.1. The first kappa shape index (κ1) is 14.8. The number of carbonyl (C=O) groups is 1. The summed E-state index contributed by atoms with van der Waals surface area (Å²) in [6, 6.07) is 10.8. The van der Waals surface area contributed by atoms with Gasteiger partial charge in [-0.25, -0.2) is 10.8 Å². The predicted molar refractivity (Wildman–Crippen MR) is 85.5 cm³/mol. The number of benzene rings is 1. The van der Waals surface area contributed by atoms with Crippen molar-refractivity contribution in [3.8, 4) is 0 Å². The van der Waals surface area contributed by atoms with Gasteiger partial charge < -0.3 is 15.6 Å². The highest BCUT2D eigenvalue weighted by Crippen LogP contribution is 2.22. The molecule has 0 radical (unpaired) electrons. The summed E-state index contributed by atoms with van der Waals surface area (Å²) in [6.07, 6.45) is 0. The van der Waals surface area contributed by atoms with Crippen LogP contribution in [-0.4, -0.2) is 25.0 Å². The topological polar surface area (TPSA) is 83.3 Å². The van der Waals surface area contributed by atoms with E-state index in [1.807, 2.05) is 44.1 Å². The zero-order valence-electron chi connectivity index (χ0n) is 12.3. The first-order chi connectivity index (χ1) is 10.0. The Labute approximate surface area is 123 Å². The lowest BCUT2D eigenvalue weighted by molar-refractivity contribution is 0.102. The van der Waals surface area contributed by atoms with Crippen LogP contribution in [-0.2, 0) is 0 Å². The van der Waals surface area contributed by atoms with E-state index in [2.05, 4.69) is 15.7 Å². The maximum absolute atomic E-state index is 12.2. The van der Waals surface area contributed by atoms with E-state index in [9.17, 15) is 4.79 Å². The fraction of sp³-hybridized carbons (Fsp3) is 0.200. The highest BCUT2D eigenvalue weighted by Gasteiger charge is 2.10. The molecule has 0 spiro atoms. The molecule has 0 fully saturated rings. The van der Waals surface area contributed by atoms with Gasteiger partial charge in [0.2, 0.25) is 0 Å². The molecule has 21 heavy (non-hydrogen) atoms. The van der Waals surface area contributed by atoms with Gasteiger partial charge in [0, 0.05) is 25.5 Å². The molecule has 2 rings (SSSR count). The third kappa shape index (κ3) is 3.49. The van der Waals surface area contributed by atoms with Gasteiger partial charge in [0.1, 0.15) is 11.5 Å². The quantitative estimate of drug-likeness (QED) is 0.591. The van der Waals surface area contributed by atoms with Gasteiger partial charge in [0.05, 0.1) is 0 Å². The van der Waals surface area contributed by atoms with Gasteiger partial charge >= 0.3 is 0 Å². The molecule has 4 N–H and O–H groups in total. The number of rotatable bonds is 4. The molecule has 0 aliphatic rings. The summed E-state index contributed by atoms with van der Waals surface area (Å²) in [6.45, 7) is 2.03. The maximum Gasteiger partial charge on any atom is 0.274 e. The lowest BCUT2D eigenvalue weighted by Gasteiger charge is -2.17. The van der Waals surface area contributed by atoms with E-state index in [1.165, 1.54) is 0 Å². The Bertz CT molecular complexity index is 654. The Kier molecular flexibility index (Phi) is 4.39. The number of carbonyl (C=O) groups excluding carboxylic acids is 1. The normalized spacial score (nSPS) is 10.1. The minimum absolute atomic E-state index is 0.277. The van der Waals surface area contributed by atoms with Gasteiger partial charge in [-0.2, -0.15) is 0 Å². The van der Waals surface area contributed by atoms with Crippen LogP contribution in [0.3, 0.4) is 0 Å². The van der Waals surface area contributed by atoms with Crippen LogP contribution in [0.2, 0.25) is 0 Å². The van der Waals surface area contributed by atoms with E-state index in [1.54, 1.807) is 18.2 Å². The van der Waals surface area contributed by atoms with Crippen LogP contribution in [0.5, 0.6) is 0 Å². The third-order valence-electron chi connectivity index (χ3n) is 3.08. The average molecular weight is 285 g/mol. The van der Waals surface area contributed by atoms with Crippen molar-refractivity contribution in [3.63, 3.8) is 0 Å². The second-order valence-corrected chi connectivity index (χ2v) is 4.90. The zero-order chi connectivity index (χ0) is 15.4. The fourth-order valence-electron chi connectivity index (χ4n) is 2.01. The Balaban J connectivity index is 2.21. The SMILES string of the molecule is Cc1ccc(NC(=O)c2cccc(NN)n2)cc1N(C)C. The minimum Gasteiger partial charge on any atom is -0.377 e. The number of nitrogens with zero attached hydrogens (tertiary/aromatic N) is 2. The monoisotopic (exact) mass is 285 g/mol. The summed E-state index contributed by atoms with van der Waals surface area (Å²) >= 11 is 0. The number of pyridine rings is 1. The summed E-state index contributed by atoms with van der Waals surface area (Å²) < 4.78 is 0. The van der Waals surface area contributed by atoms with Crippen LogP contribution in [0.25, 0.3) is 0 Å². The number of aromatic nitrogens is 1. The number of nitrogens with one attached hydrogen (secondary N) is 2. The molecule has 0 aliphatic carbocycles. The first-order valence-corrected chi connectivity index (χ1v) is 6.54. The smallest absolute Gasteiger partial charge is 0.274 e. The summed E-state index contributed by atoms with van der Waals surface area (Å²) in [5.41, 5.74) is 5.65. The van der Waals surface area contributed by atoms with E-state index < -0.39 is 0 Å². The van der Waals surface area contributed by atoms with Crippen molar-refractivity contribution in [3.05, 3.63) is 47.7 Å². The number of nitrogens with two attached hydrogens (primary N) is 1. The third-order valence-corrected chi connectivity index (χ3v) is 3.08. The summed E-state index contributed by atoms with van der Waals surface area (Å²) in [5.74, 6) is 5.46. The lowest BCUT2D eigenvalue weighted by Crippen LogP contribution is -2.17. The van der Waals surface area contributed by atoms with Crippen molar-refractivity contribution in [1.82, 2.24) is 4.98 Å². The summed E-state index contributed by atoms with van der Waals surface area (Å²) in [5, 5.41) is 2.84. The van der Waals surface area contributed by atoms with Crippen LogP contribution >= 0.6 is 0 Å². The summed E-state index contributed by atoms with van der Waals surface area (Å²) in [7, 11) is 3.93. The standard InChI is InChI=1S/C15H19N5O/c1-10-7-8-11(9-13(10)20(2)3)17-15(21)12-5-4-6-14(18-12)19-16/h4-9H,16H2,1-3H3,(H,17,21)(H,18,19). The zero-order valence-corrected chi connectivity index (χ0v) is 12.3. The van der Waals surface area contributed by atoms with Crippen molar-refractivity contribution in [1.29, 1.82) is 0 Å². The van der Waals surface area contributed by atoms with E-state index in [-0.39, 0.29) is 5.91 Å². The van der Waals surface area contributed by atoms with Crippen LogP contribution in [0.15, 0.2) is 36.4 Å². The lowest BCUT2D eigenvalue weighted by atomic mass is 10.1. The molecule has 0 atom stereocenters. The Morgan fingerprint density at radius 2 is 2.00 bits per heavy atom. The molecule has 0 bridgehead atoms. The minimum atomic E-state index is -0.277. The molecular formula is C15H19N5O. The van der Waals surface area contributed by atoms with Crippen LogP contribution in [0.1, 0.15) is 16.1 Å². The van der Waals surface area contributed by atoms with Crippen molar-refractivity contribution >= 4 is 23.1 Å². The van der Waals surface area contributed by atoms with Crippen LogP contribution in [0, 0.1) is 6.92 Å². The van der Waals surface area contributed by atoms with Gasteiger partial charge in [0.25, 0.3) is 5.91 Å². The number of aryl methyl sites for hydroxylation is 1. The van der Waals surface area contributed by atoms with Crippen molar-refractivity contribution in [2.24, 2.45) is 5.84 Å². The molecular weight excluding hydrogens is 266 g/mol. The number of hydrogen-bond acceptors (Lipinski definition) is 5. The maximum atomic E-state index is 12.2. The molecule has 6 nitrogen and oxygen atoms in total. The van der Waals surface area contributed by atoms with E-state index in [4.69, 9.17) is 5.84 Å². The fourth-order valence-corrected chi connectivity index (χ4v) is 2.01. The second-order valence-electron chi connectivity index (χ2n) is 4.90. The molecule has 6 heteroatoms. The Morgan fingerprint density at radius 3 is 2.67 bits per heavy atom. The predicted octanol–water partition coefficient (Wildman–Crippen LogP) is 1.99. The van der Waals surface area contributed by atoms with Crippen molar-refractivity contribution in [2.45, 2.75) is 6.92 Å². The van der Waals surface area contributed by atoms with Gasteiger partial charge in [-0.15, -0.1) is 0 Å². The van der Waals surface area contributed by atoms with Crippen molar-refractivity contribution in [2.75, 3.05) is 29.7 Å². The van der Waals surface area contributed by atoms with E-state index in [0.717, 1.165) is 16.9 Å². The van der Waals surface area contributed by atoms with Crippen LogP contribution in [0.4, 0.5) is 17.2 Å². The molecule has 0 unspecified atom stereocenters. The second kappa shape index (κ2) is 6.23. The molecule has 1 aromatic carbocycles. The first-order valence-electron chi connectivity index (χ1n) is 6.54. The van der Waals surface area contributed by atoms with Gasteiger partial charge in [-0.3, -0.25) is 4.79 Å². The molecule has 0 saturated heterocycles. The number of hydrogen-bond donors (Lipinski definition) is 3. The molecule has 1 heterocycles. The van der Waals surface area contributed by atoms with Crippen LogP contribution < -0.4 is 21.5 Å². The molecule has 1 amide bonds. The highest BCUT2D eigenvalue weighted by molar-refractivity contribution is 6.03. The van der Waals surface area contributed by atoms with Gasteiger partial charge in [0.15, 0.2) is 0 Å². The van der Waals surface area contributed by atoms with Gasteiger partial charge in [-0.1, -0.05) is 12.1 Å². The van der Waals surface area contributed by atoms with Gasteiger partial charge in [-0.05, 0) is 36.8 Å². The largest absolute Gasteiger partial charge is 0.377 e. The molecule has 0 saturated carbocycles.